The normalized spacial score (nSPS) is 28.6. The minimum absolute atomic E-state index is 0.305. The molecule has 2 aliphatic rings. The minimum atomic E-state index is 0.305. The molecule has 1 aromatic heterocycles. The third kappa shape index (κ3) is 3.08. The predicted octanol–water partition coefficient (Wildman–Crippen LogP) is 2.12. The van der Waals surface area contributed by atoms with E-state index in [1.165, 1.54) is 38.5 Å². The van der Waals surface area contributed by atoms with E-state index in [2.05, 4.69) is 15.0 Å². The van der Waals surface area contributed by atoms with Gasteiger partial charge < -0.3 is 15.2 Å². The zero-order valence-corrected chi connectivity index (χ0v) is 11.6. The first-order chi connectivity index (χ1) is 9.33. The third-order valence-corrected chi connectivity index (χ3v) is 4.50. The van der Waals surface area contributed by atoms with Gasteiger partial charge in [-0.15, -0.1) is 0 Å². The minimum Gasteiger partial charge on any atom is -0.338 e. The molecule has 2 N–H and O–H groups in total. The van der Waals surface area contributed by atoms with Crippen LogP contribution in [-0.2, 0) is 6.42 Å². The van der Waals surface area contributed by atoms with E-state index in [0.29, 0.717) is 12.0 Å². The molecular weight excluding hydrogens is 240 g/mol. The summed E-state index contributed by atoms with van der Waals surface area (Å²) in [5, 5.41) is 4.13. The van der Waals surface area contributed by atoms with Crippen LogP contribution in [0.15, 0.2) is 4.52 Å². The van der Waals surface area contributed by atoms with Crippen LogP contribution in [0.5, 0.6) is 0 Å². The summed E-state index contributed by atoms with van der Waals surface area (Å²) >= 11 is 0. The van der Waals surface area contributed by atoms with Crippen LogP contribution in [0, 0.1) is 5.92 Å². The van der Waals surface area contributed by atoms with Gasteiger partial charge in [-0.3, -0.25) is 0 Å². The zero-order chi connectivity index (χ0) is 13.1. The summed E-state index contributed by atoms with van der Waals surface area (Å²) in [5.74, 6) is 2.06. The summed E-state index contributed by atoms with van der Waals surface area (Å²) in [5.41, 5.74) is 6.18. The van der Waals surface area contributed by atoms with Crippen molar-refractivity contribution in [1.82, 2.24) is 10.1 Å². The maximum absolute atomic E-state index is 6.18. The van der Waals surface area contributed by atoms with Crippen molar-refractivity contribution in [3.63, 3.8) is 0 Å². The van der Waals surface area contributed by atoms with Gasteiger partial charge in [0.25, 0.3) is 5.95 Å². The second-order valence-electron chi connectivity index (χ2n) is 5.95. The fourth-order valence-electron chi connectivity index (χ4n) is 3.27. The SMILES string of the molecule is NC1CCCCC1Cc1nc(N2CCCCC2)no1. The lowest BCUT2D eigenvalue weighted by molar-refractivity contribution is 0.273. The summed E-state index contributed by atoms with van der Waals surface area (Å²) in [6.45, 7) is 2.11. The van der Waals surface area contributed by atoms with Gasteiger partial charge in [0.05, 0.1) is 0 Å². The molecule has 1 aliphatic carbocycles. The van der Waals surface area contributed by atoms with Crippen molar-refractivity contribution in [2.75, 3.05) is 18.0 Å². The molecule has 2 heterocycles. The van der Waals surface area contributed by atoms with Crippen LogP contribution in [0.1, 0.15) is 50.8 Å². The number of rotatable bonds is 3. The highest BCUT2D eigenvalue weighted by molar-refractivity contribution is 5.28. The molecule has 2 unspecified atom stereocenters. The molecule has 1 saturated carbocycles. The number of nitrogens with zero attached hydrogens (tertiary/aromatic N) is 3. The highest BCUT2D eigenvalue weighted by Gasteiger charge is 2.25. The Balaban J connectivity index is 1.60. The van der Waals surface area contributed by atoms with Crippen molar-refractivity contribution in [2.24, 2.45) is 11.7 Å². The number of piperidine rings is 1. The van der Waals surface area contributed by atoms with Crippen molar-refractivity contribution < 1.29 is 4.52 Å². The standard InChI is InChI=1S/C14H24N4O/c15-12-7-3-2-6-11(12)10-13-16-14(17-19-13)18-8-4-1-5-9-18/h11-12H,1-10,15H2. The van der Waals surface area contributed by atoms with E-state index in [1.807, 2.05) is 0 Å². The highest BCUT2D eigenvalue weighted by atomic mass is 16.5. The van der Waals surface area contributed by atoms with Gasteiger partial charge in [0, 0.05) is 25.6 Å². The first-order valence-corrected chi connectivity index (χ1v) is 7.66. The molecule has 0 spiro atoms. The molecule has 2 atom stereocenters. The van der Waals surface area contributed by atoms with Crippen molar-refractivity contribution in [3.8, 4) is 0 Å². The molecule has 0 amide bonds. The lowest BCUT2D eigenvalue weighted by Gasteiger charge is -2.27. The van der Waals surface area contributed by atoms with E-state index < -0.39 is 0 Å². The van der Waals surface area contributed by atoms with Crippen LogP contribution < -0.4 is 10.6 Å². The molecule has 5 heteroatoms. The smallest absolute Gasteiger partial charge is 0.266 e. The van der Waals surface area contributed by atoms with E-state index in [-0.39, 0.29) is 0 Å². The number of nitrogens with two attached hydrogens (primary N) is 1. The van der Waals surface area contributed by atoms with Crippen molar-refractivity contribution in [2.45, 2.75) is 57.4 Å². The molecule has 0 radical (unpaired) electrons. The second-order valence-corrected chi connectivity index (χ2v) is 5.95. The molecule has 5 nitrogen and oxygen atoms in total. The van der Waals surface area contributed by atoms with Gasteiger partial charge in [-0.1, -0.05) is 12.8 Å². The molecule has 1 aromatic rings. The molecular formula is C14H24N4O. The van der Waals surface area contributed by atoms with Crippen LogP contribution in [0.3, 0.4) is 0 Å². The van der Waals surface area contributed by atoms with Gasteiger partial charge in [-0.05, 0) is 43.2 Å². The lowest BCUT2D eigenvalue weighted by Crippen LogP contribution is -2.34. The summed E-state index contributed by atoms with van der Waals surface area (Å²) in [6.07, 6.45) is 9.52. The van der Waals surface area contributed by atoms with Crippen LogP contribution in [-0.4, -0.2) is 29.3 Å². The number of anilines is 1. The van der Waals surface area contributed by atoms with Crippen molar-refractivity contribution >= 4 is 5.95 Å². The Kier molecular flexibility index (Phi) is 4.01. The van der Waals surface area contributed by atoms with Gasteiger partial charge in [-0.25, -0.2) is 0 Å². The van der Waals surface area contributed by atoms with Crippen LogP contribution in [0.2, 0.25) is 0 Å². The molecule has 19 heavy (non-hydrogen) atoms. The monoisotopic (exact) mass is 264 g/mol. The number of aromatic nitrogens is 2. The average Bonchev–Trinajstić information content (AvgIpc) is 2.91. The fourth-order valence-corrected chi connectivity index (χ4v) is 3.27. The Morgan fingerprint density at radius 1 is 1.11 bits per heavy atom. The largest absolute Gasteiger partial charge is 0.338 e. The Morgan fingerprint density at radius 3 is 2.68 bits per heavy atom. The van der Waals surface area contributed by atoms with Gasteiger partial charge in [0.15, 0.2) is 0 Å². The molecule has 1 aliphatic heterocycles. The molecule has 0 aromatic carbocycles. The molecule has 1 saturated heterocycles. The van der Waals surface area contributed by atoms with Gasteiger partial charge in [0.2, 0.25) is 5.89 Å². The van der Waals surface area contributed by atoms with E-state index in [1.54, 1.807) is 0 Å². The number of hydrogen-bond acceptors (Lipinski definition) is 5. The topological polar surface area (TPSA) is 68.2 Å². The van der Waals surface area contributed by atoms with Crippen molar-refractivity contribution in [3.05, 3.63) is 5.89 Å². The maximum atomic E-state index is 6.18. The fraction of sp³-hybridized carbons (Fsp3) is 0.857. The van der Waals surface area contributed by atoms with Gasteiger partial charge >= 0.3 is 0 Å². The van der Waals surface area contributed by atoms with E-state index in [9.17, 15) is 0 Å². The Hall–Kier alpha value is -1.10. The molecule has 3 rings (SSSR count). The van der Waals surface area contributed by atoms with Gasteiger partial charge in [-0.2, -0.15) is 4.98 Å². The summed E-state index contributed by atoms with van der Waals surface area (Å²) in [4.78, 5) is 6.79. The molecule has 0 bridgehead atoms. The summed E-state index contributed by atoms with van der Waals surface area (Å²) in [6, 6.07) is 0.305. The third-order valence-electron chi connectivity index (χ3n) is 4.50. The quantitative estimate of drug-likeness (QED) is 0.905. The second kappa shape index (κ2) is 5.90. The summed E-state index contributed by atoms with van der Waals surface area (Å²) < 4.78 is 5.41. The Labute approximate surface area is 114 Å². The predicted molar refractivity (Wildman–Crippen MR) is 74.0 cm³/mol. The van der Waals surface area contributed by atoms with E-state index in [4.69, 9.17) is 10.3 Å². The molecule has 106 valence electrons. The van der Waals surface area contributed by atoms with Crippen molar-refractivity contribution in [1.29, 1.82) is 0 Å². The first-order valence-electron chi connectivity index (χ1n) is 7.66. The number of hydrogen-bond donors (Lipinski definition) is 1. The first kappa shape index (κ1) is 12.9. The Bertz CT molecular complexity index is 400. The average molecular weight is 264 g/mol. The highest BCUT2D eigenvalue weighted by Crippen LogP contribution is 2.26. The summed E-state index contributed by atoms with van der Waals surface area (Å²) in [7, 11) is 0. The van der Waals surface area contributed by atoms with E-state index >= 15 is 0 Å². The Morgan fingerprint density at radius 2 is 1.89 bits per heavy atom. The van der Waals surface area contributed by atoms with E-state index in [0.717, 1.165) is 37.8 Å². The lowest BCUT2D eigenvalue weighted by atomic mass is 9.83. The zero-order valence-electron chi connectivity index (χ0n) is 11.6. The van der Waals surface area contributed by atoms with Gasteiger partial charge in [0.1, 0.15) is 0 Å². The van der Waals surface area contributed by atoms with Crippen LogP contribution in [0.25, 0.3) is 0 Å². The molecule has 2 fully saturated rings. The maximum Gasteiger partial charge on any atom is 0.266 e. The van der Waals surface area contributed by atoms with Crippen LogP contribution >= 0.6 is 0 Å². The van der Waals surface area contributed by atoms with Crippen LogP contribution in [0.4, 0.5) is 5.95 Å².